The molecule has 0 atom stereocenters. The first-order valence-electron chi connectivity index (χ1n) is 9.63. The van der Waals surface area contributed by atoms with Crippen molar-refractivity contribution >= 4 is 11.8 Å². The number of carbonyl (C=O) groups excluding carboxylic acids is 2. The number of amides is 2. The number of nitrogens with zero attached hydrogens (tertiary/aromatic N) is 4. The second kappa shape index (κ2) is 7.13. The molecule has 27 heavy (non-hydrogen) atoms. The van der Waals surface area contributed by atoms with Crippen LogP contribution in [-0.2, 0) is 28.9 Å². The fourth-order valence-corrected chi connectivity index (χ4v) is 4.29. The number of benzene rings is 1. The summed E-state index contributed by atoms with van der Waals surface area (Å²) in [6.07, 6.45) is 5.03. The predicted octanol–water partition coefficient (Wildman–Crippen LogP) is 1.51. The molecule has 2 aromatic rings. The highest BCUT2D eigenvalue weighted by Gasteiger charge is 2.28. The van der Waals surface area contributed by atoms with E-state index in [2.05, 4.69) is 23.3 Å². The van der Waals surface area contributed by atoms with E-state index < -0.39 is 5.91 Å². The van der Waals surface area contributed by atoms with Gasteiger partial charge in [0.1, 0.15) is 5.82 Å². The Labute approximate surface area is 158 Å². The summed E-state index contributed by atoms with van der Waals surface area (Å²) in [7, 11) is 0. The summed E-state index contributed by atoms with van der Waals surface area (Å²) in [6, 6.07) is 6.33. The second-order valence-electron chi connectivity index (χ2n) is 7.49. The zero-order valence-electron chi connectivity index (χ0n) is 15.6. The van der Waals surface area contributed by atoms with Gasteiger partial charge >= 0.3 is 0 Å². The highest BCUT2D eigenvalue weighted by Crippen LogP contribution is 2.32. The number of piperidine rings is 1. The molecule has 0 spiro atoms. The molecule has 1 aromatic heterocycles. The smallest absolute Gasteiger partial charge is 0.225 e. The number of aromatic nitrogens is 3. The molecule has 1 saturated heterocycles. The van der Waals surface area contributed by atoms with Crippen molar-refractivity contribution in [2.75, 3.05) is 13.1 Å². The second-order valence-corrected chi connectivity index (χ2v) is 7.49. The van der Waals surface area contributed by atoms with Crippen LogP contribution in [0.3, 0.4) is 0 Å². The first-order valence-corrected chi connectivity index (χ1v) is 9.63. The van der Waals surface area contributed by atoms with Crippen LogP contribution in [0.2, 0.25) is 0 Å². The molecule has 1 aliphatic carbocycles. The van der Waals surface area contributed by atoms with Gasteiger partial charge in [0, 0.05) is 25.9 Å². The number of aryl methyl sites for hydroxylation is 1. The van der Waals surface area contributed by atoms with E-state index in [9.17, 15) is 9.59 Å². The van der Waals surface area contributed by atoms with Gasteiger partial charge in [-0.2, -0.15) is 5.10 Å². The molecule has 2 aliphatic rings. The molecule has 2 N–H and O–H groups in total. The number of likely N-dealkylation sites (tertiary alicyclic amines) is 1. The Balaban J connectivity index is 1.71. The maximum atomic E-state index is 11.6. The van der Waals surface area contributed by atoms with Crippen LogP contribution in [0.1, 0.15) is 54.9 Å². The minimum Gasteiger partial charge on any atom is -0.369 e. The molecule has 2 heterocycles. The third-order valence-electron chi connectivity index (χ3n) is 5.66. The summed E-state index contributed by atoms with van der Waals surface area (Å²) in [6.45, 7) is 3.07. The molecule has 7 nitrogen and oxygen atoms in total. The molecule has 0 radical (unpaired) electrons. The van der Waals surface area contributed by atoms with Gasteiger partial charge in [0.2, 0.25) is 11.8 Å². The maximum Gasteiger partial charge on any atom is 0.225 e. The lowest BCUT2D eigenvalue weighted by molar-refractivity contribution is -0.129. The van der Waals surface area contributed by atoms with E-state index in [1.54, 1.807) is 6.92 Å². The number of fused-ring (bicyclic) bond motifs is 1. The molecule has 2 amide bonds. The summed E-state index contributed by atoms with van der Waals surface area (Å²) in [5.41, 5.74) is 9.14. The Morgan fingerprint density at radius 2 is 2.00 bits per heavy atom. The van der Waals surface area contributed by atoms with Crippen LogP contribution in [0.15, 0.2) is 18.2 Å². The van der Waals surface area contributed by atoms with Crippen LogP contribution in [-0.4, -0.2) is 44.6 Å². The summed E-state index contributed by atoms with van der Waals surface area (Å²) in [4.78, 5) is 29.6. The van der Waals surface area contributed by atoms with Crippen molar-refractivity contribution in [1.82, 2.24) is 19.7 Å². The largest absolute Gasteiger partial charge is 0.369 e. The van der Waals surface area contributed by atoms with E-state index in [1.165, 1.54) is 11.1 Å². The Morgan fingerprint density at radius 1 is 1.22 bits per heavy atom. The first kappa shape index (κ1) is 17.7. The van der Waals surface area contributed by atoms with Crippen LogP contribution in [0.5, 0.6) is 0 Å². The van der Waals surface area contributed by atoms with Crippen LogP contribution < -0.4 is 5.73 Å². The van der Waals surface area contributed by atoms with Crippen molar-refractivity contribution in [2.45, 2.75) is 51.4 Å². The number of hydrogen-bond donors (Lipinski definition) is 1. The number of primary amides is 1. The van der Waals surface area contributed by atoms with Gasteiger partial charge in [0.25, 0.3) is 0 Å². The highest BCUT2D eigenvalue weighted by molar-refractivity contribution is 5.75. The minimum atomic E-state index is -0.427. The van der Waals surface area contributed by atoms with Gasteiger partial charge in [0.15, 0.2) is 5.82 Å². The number of rotatable bonds is 4. The highest BCUT2D eigenvalue weighted by atomic mass is 16.2. The molecule has 7 heteroatoms. The normalized spacial score (nSPS) is 17.1. The molecule has 1 aliphatic heterocycles. The van der Waals surface area contributed by atoms with Gasteiger partial charge in [0.05, 0.1) is 12.1 Å². The van der Waals surface area contributed by atoms with Crippen molar-refractivity contribution in [1.29, 1.82) is 0 Å². The van der Waals surface area contributed by atoms with Crippen molar-refractivity contribution in [3.8, 4) is 5.69 Å². The molecule has 0 bridgehead atoms. The summed E-state index contributed by atoms with van der Waals surface area (Å²) < 4.78 is 1.93. The topological polar surface area (TPSA) is 94.1 Å². The van der Waals surface area contributed by atoms with Crippen LogP contribution in [0.25, 0.3) is 5.69 Å². The zero-order valence-corrected chi connectivity index (χ0v) is 15.6. The lowest BCUT2D eigenvalue weighted by atomic mass is 9.95. The number of nitrogens with two attached hydrogens (primary N) is 1. The fraction of sp³-hybridized carbons (Fsp3) is 0.500. The third kappa shape index (κ3) is 3.46. The number of carbonyl (C=O) groups is 2. The zero-order chi connectivity index (χ0) is 19.0. The van der Waals surface area contributed by atoms with Crippen molar-refractivity contribution in [3.63, 3.8) is 0 Å². The molecular weight excluding hydrogens is 342 g/mol. The fourth-order valence-electron chi connectivity index (χ4n) is 4.29. The van der Waals surface area contributed by atoms with Gasteiger partial charge in [-0.25, -0.2) is 9.67 Å². The quantitative estimate of drug-likeness (QED) is 0.886. The molecule has 1 aromatic carbocycles. The molecule has 142 valence electrons. The van der Waals surface area contributed by atoms with Crippen LogP contribution >= 0.6 is 0 Å². The van der Waals surface area contributed by atoms with E-state index >= 15 is 0 Å². The monoisotopic (exact) mass is 367 g/mol. The van der Waals surface area contributed by atoms with Gasteiger partial charge in [-0.1, -0.05) is 12.1 Å². The van der Waals surface area contributed by atoms with E-state index in [0.29, 0.717) is 5.82 Å². The molecule has 0 unspecified atom stereocenters. The minimum absolute atomic E-state index is 0.0430. The predicted molar refractivity (Wildman–Crippen MR) is 101 cm³/mol. The van der Waals surface area contributed by atoms with Gasteiger partial charge in [-0.15, -0.1) is 0 Å². The lowest BCUT2D eigenvalue weighted by Gasteiger charge is -2.31. The van der Waals surface area contributed by atoms with Crippen molar-refractivity contribution in [2.24, 2.45) is 5.73 Å². The molecule has 4 rings (SSSR count). The van der Waals surface area contributed by atoms with Crippen molar-refractivity contribution in [3.05, 3.63) is 41.0 Å². The average Bonchev–Trinajstić information content (AvgIpc) is 3.28. The van der Waals surface area contributed by atoms with Gasteiger partial charge in [-0.05, 0) is 49.3 Å². The summed E-state index contributed by atoms with van der Waals surface area (Å²) >= 11 is 0. The molecule has 1 fully saturated rings. The number of hydrogen-bond acceptors (Lipinski definition) is 4. The van der Waals surface area contributed by atoms with Crippen LogP contribution in [0.4, 0.5) is 0 Å². The van der Waals surface area contributed by atoms with E-state index in [0.717, 1.165) is 56.7 Å². The Morgan fingerprint density at radius 3 is 2.70 bits per heavy atom. The van der Waals surface area contributed by atoms with E-state index in [1.807, 2.05) is 9.58 Å². The van der Waals surface area contributed by atoms with E-state index in [-0.39, 0.29) is 18.2 Å². The van der Waals surface area contributed by atoms with Gasteiger partial charge < -0.3 is 10.6 Å². The first-order chi connectivity index (χ1) is 13.0. The lowest BCUT2D eigenvalue weighted by Crippen LogP contribution is -2.36. The van der Waals surface area contributed by atoms with Gasteiger partial charge in [-0.3, -0.25) is 9.59 Å². The molecule has 0 saturated carbocycles. The Hall–Kier alpha value is -2.70. The summed E-state index contributed by atoms with van der Waals surface area (Å²) in [5, 5.41) is 4.65. The van der Waals surface area contributed by atoms with Crippen LogP contribution in [0, 0.1) is 0 Å². The Kier molecular flexibility index (Phi) is 4.68. The van der Waals surface area contributed by atoms with E-state index in [4.69, 9.17) is 10.7 Å². The molecular formula is C20H25N5O2. The Bertz CT molecular complexity index is 880. The summed E-state index contributed by atoms with van der Waals surface area (Å²) in [5.74, 6) is 1.26. The maximum absolute atomic E-state index is 11.6. The third-order valence-corrected chi connectivity index (χ3v) is 5.66. The average molecular weight is 367 g/mol. The standard InChI is InChI=1S/C20H25N5O2/c1-13(26)24-10-8-15(9-11-24)20-22-19(12-18(21)27)23-25(20)17-7-3-5-14-4-2-6-16(14)17/h3,5,7,15H,2,4,6,8-12H2,1H3,(H2,21,27). The SMILES string of the molecule is CC(=O)N1CCC(c2nc(CC(N)=O)nn2-c2cccc3c2CCC3)CC1. The van der Waals surface area contributed by atoms with Crippen molar-refractivity contribution < 1.29 is 9.59 Å².